The van der Waals surface area contributed by atoms with Crippen molar-refractivity contribution in [3.8, 4) is 23.1 Å². The maximum Gasteiger partial charge on any atom is 0.263 e. The lowest BCUT2D eigenvalue weighted by molar-refractivity contribution is -0.136. The van der Waals surface area contributed by atoms with Gasteiger partial charge in [-0.1, -0.05) is 30.9 Å². The normalized spacial score (nSPS) is 11.6. The van der Waals surface area contributed by atoms with Gasteiger partial charge in [0.05, 0.1) is 16.9 Å². The lowest BCUT2D eigenvalue weighted by Gasteiger charge is -2.16. The van der Waals surface area contributed by atoms with Crippen molar-refractivity contribution in [1.82, 2.24) is 19.9 Å². The molecule has 0 saturated carbocycles. The minimum atomic E-state index is -1.35. The van der Waals surface area contributed by atoms with Crippen molar-refractivity contribution in [1.29, 1.82) is 0 Å². The Kier molecular flexibility index (Phi) is 6.10. The summed E-state index contributed by atoms with van der Waals surface area (Å²) in [5.74, 6) is 5.41. The number of hydrogen-bond acceptors (Lipinski definition) is 6. The number of nitrogens with two attached hydrogens (primary N) is 1. The number of amides is 1. The zero-order valence-corrected chi connectivity index (χ0v) is 16.7. The minimum Gasteiger partial charge on any atom is -0.382 e. The van der Waals surface area contributed by atoms with Crippen LogP contribution in [0.2, 0.25) is 0 Å². The van der Waals surface area contributed by atoms with Crippen LogP contribution in [0.15, 0.2) is 36.4 Å². The Morgan fingerprint density at radius 1 is 1.28 bits per heavy atom. The predicted molar refractivity (Wildman–Crippen MR) is 116 cm³/mol. The smallest absolute Gasteiger partial charge is 0.263 e. The van der Waals surface area contributed by atoms with E-state index in [9.17, 15) is 9.90 Å². The highest BCUT2D eigenvalue weighted by Gasteiger charge is 2.16. The van der Waals surface area contributed by atoms with Gasteiger partial charge in [-0.2, -0.15) is 0 Å². The van der Waals surface area contributed by atoms with Crippen molar-refractivity contribution in [3.05, 3.63) is 42.0 Å². The maximum atomic E-state index is 12.1. The molecular formula is C21H22BN5O2. The van der Waals surface area contributed by atoms with Gasteiger partial charge in [0.25, 0.3) is 5.91 Å². The average Bonchev–Trinajstić information content (AvgIpc) is 2.71. The second-order valence-electron chi connectivity index (χ2n) is 6.73. The molecule has 7 nitrogen and oxygen atoms in total. The fourth-order valence-corrected chi connectivity index (χ4v) is 2.94. The molecule has 0 aliphatic rings. The standard InChI is InChI=1S/C21H22BN5O2/c1-3-11-27(2)20(29)17(28)10-7-13-5-4-6-14(12-13)15-8-9-16-18(24-15)19(23)26-21(22)25-16/h4-6,8-9,12,17,28H,3,11,22H2,1-2H3,(H2,23,25,26)/t17-/m1/s1. The first-order valence-corrected chi connectivity index (χ1v) is 9.35. The number of aliphatic hydroxyl groups is 1. The van der Waals surface area contributed by atoms with Gasteiger partial charge in [-0.05, 0) is 30.7 Å². The summed E-state index contributed by atoms with van der Waals surface area (Å²) in [6.45, 7) is 2.54. The third-order valence-corrected chi connectivity index (χ3v) is 4.36. The molecule has 0 fully saturated rings. The highest BCUT2D eigenvalue weighted by molar-refractivity contribution is 6.29. The molecule has 146 valence electrons. The fraction of sp³-hybridized carbons (Fsp3) is 0.238. The highest BCUT2D eigenvalue weighted by atomic mass is 16.3. The Morgan fingerprint density at radius 3 is 2.83 bits per heavy atom. The maximum absolute atomic E-state index is 12.1. The minimum absolute atomic E-state index is 0.336. The van der Waals surface area contributed by atoms with Crippen molar-refractivity contribution < 1.29 is 9.90 Å². The molecule has 0 aliphatic carbocycles. The molecule has 2 heterocycles. The van der Waals surface area contributed by atoms with Crippen LogP contribution in [0, 0.1) is 11.8 Å². The number of pyridine rings is 1. The lowest BCUT2D eigenvalue weighted by Crippen LogP contribution is -2.36. The third kappa shape index (κ3) is 4.70. The number of likely N-dealkylation sites (N-methyl/N-ethyl adjacent to an activating group) is 1. The molecule has 3 aromatic rings. The monoisotopic (exact) mass is 387 g/mol. The van der Waals surface area contributed by atoms with Crippen LogP contribution in [-0.4, -0.2) is 58.4 Å². The number of anilines is 1. The molecule has 3 N–H and O–H groups in total. The van der Waals surface area contributed by atoms with E-state index >= 15 is 0 Å². The number of aromatic nitrogens is 3. The van der Waals surface area contributed by atoms with Crippen LogP contribution in [0.5, 0.6) is 0 Å². The fourth-order valence-electron chi connectivity index (χ4n) is 2.94. The van der Waals surface area contributed by atoms with E-state index < -0.39 is 12.0 Å². The van der Waals surface area contributed by atoms with Gasteiger partial charge in [0.15, 0.2) is 19.8 Å². The average molecular weight is 387 g/mol. The molecule has 3 rings (SSSR count). The van der Waals surface area contributed by atoms with Crippen LogP contribution in [-0.2, 0) is 4.79 Å². The number of hydrogen-bond donors (Lipinski definition) is 2. The lowest BCUT2D eigenvalue weighted by atomic mass is 10.1. The number of carbonyl (C=O) groups is 1. The molecule has 2 aromatic heterocycles. The van der Waals surface area contributed by atoms with Gasteiger partial charge in [-0.25, -0.2) is 15.0 Å². The third-order valence-electron chi connectivity index (χ3n) is 4.36. The Hall–Kier alpha value is -3.44. The van der Waals surface area contributed by atoms with Crippen molar-refractivity contribution >= 4 is 36.3 Å². The Bertz CT molecular complexity index is 1120. The van der Waals surface area contributed by atoms with Crippen LogP contribution in [0.1, 0.15) is 18.9 Å². The Morgan fingerprint density at radius 2 is 2.07 bits per heavy atom. The molecule has 0 unspecified atom stereocenters. The summed E-state index contributed by atoms with van der Waals surface area (Å²) in [6.07, 6.45) is -0.535. The number of aliphatic hydroxyl groups excluding tert-OH is 1. The van der Waals surface area contributed by atoms with Gasteiger partial charge < -0.3 is 15.7 Å². The Balaban J connectivity index is 1.87. The molecule has 29 heavy (non-hydrogen) atoms. The number of benzene rings is 1. The highest BCUT2D eigenvalue weighted by Crippen LogP contribution is 2.22. The molecule has 1 atom stereocenters. The zero-order valence-electron chi connectivity index (χ0n) is 16.7. The molecule has 0 spiro atoms. The van der Waals surface area contributed by atoms with Crippen molar-refractivity contribution in [3.63, 3.8) is 0 Å². The second kappa shape index (κ2) is 8.71. The summed E-state index contributed by atoms with van der Waals surface area (Å²) in [5, 5.41) is 10.0. The molecular weight excluding hydrogens is 365 g/mol. The number of nitrogen functional groups attached to an aromatic ring is 1. The van der Waals surface area contributed by atoms with Crippen LogP contribution in [0.25, 0.3) is 22.3 Å². The first-order valence-electron chi connectivity index (χ1n) is 9.35. The van der Waals surface area contributed by atoms with Crippen LogP contribution in [0.3, 0.4) is 0 Å². The molecule has 0 radical (unpaired) electrons. The van der Waals surface area contributed by atoms with E-state index in [1.165, 1.54) is 4.90 Å². The topological polar surface area (TPSA) is 105 Å². The van der Waals surface area contributed by atoms with Crippen LogP contribution >= 0.6 is 0 Å². The molecule has 1 aromatic carbocycles. The van der Waals surface area contributed by atoms with Crippen molar-refractivity contribution in [2.75, 3.05) is 19.3 Å². The van der Waals surface area contributed by atoms with E-state index in [4.69, 9.17) is 5.73 Å². The van der Waals surface area contributed by atoms with Crippen LogP contribution in [0.4, 0.5) is 5.82 Å². The van der Waals surface area contributed by atoms with Gasteiger partial charge in [-0.3, -0.25) is 4.79 Å². The van der Waals surface area contributed by atoms with Crippen molar-refractivity contribution in [2.45, 2.75) is 19.4 Å². The van der Waals surface area contributed by atoms with Gasteiger partial charge in [0.1, 0.15) is 5.52 Å². The summed E-state index contributed by atoms with van der Waals surface area (Å²) in [6, 6.07) is 11.1. The van der Waals surface area contributed by atoms with Gasteiger partial charge in [0, 0.05) is 24.7 Å². The van der Waals surface area contributed by atoms with E-state index in [0.717, 1.165) is 12.0 Å². The Labute approximate surface area is 170 Å². The molecule has 0 saturated heterocycles. The zero-order chi connectivity index (χ0) is 21.0. The first-order chi connectivity index (χ1) is 13.9. The van der Waals surface area contributed by atoms with Crippen molar-refractivity contribution in [2.24, 2.45) is 0 Å². The number of fused-ring (bicyclic) bond motifs is 1. The first kappa shape index (κ1) is 20.3. The molecule has 0 bridgehead atoms. The second-order valence-corrected chi connectivity index (χ2v) is 6.73. The summed E-state index contributed by atoms with van der Waals surface area (Å²) in [7, 11) is 3.44. The quantitative estimate of drug-likeness (QED) is 0.487. The van der Waals surface area contributed by atoms with E-state index in [1.54, 1.807) is 14.9 Å². The summed E-state index contributed by atoms with van der Waals surface area (Å²) in [5.41, 5.74) is 10.0. The molecule has 8 heteroatoms. The largest absolute Gasteiger partial charge is 0.382 e. The van der Waals surface area contributed by atoms with Gasteiger partial charge in [-0.15, -0.1) is 0 Å². The summed E-state index contributed by atoms with van der Waals surface area (Å²) >= 11 is 0. The van der Waals surface area contributed by atoms with E-state index in [0.29, 0.717) is 40.4 Å². The number of carbonyl (C=O) groups excluding carboxylic acids is 1. The summed E-state index contributed by atoms with van der Waals surface area (Å²) < 4.78 is 0. The van der Waals surface area contributed by atoms with E-state index in [-0.39, 0.29) is 0 Å². The molecule has 0 aliphatic heterocycles. The molecule has 1 amide bonds. The number of nitrogens with zero attached hydrogens (tertiary/aromatic N) is 4. The number of rotatable bonds is 4. The van der Waals surface area contributed by atoms with Crippen LogP contribution < -0.4 is 11.5 Å². The van der Waals surface area contributed by atoms with E-state index in [1.807, 2.05) is 43.3 Å². The van der Waals surface area contributed by atoms with Gasteiger partial charge in [0.2, 0.25) is 0 Å². The van der Waals surface area contributed by atoms with E-state index in [2.05, 4.69) is 26.8 Å². The van der Waals surface area contributed by atoms with Gasteiger partial charge >= 0.3 is 0 Å². The summed E-state index contributed by atoms with van der Waals surface area (Å²) in [4.78, 5) is 26.6. The predicted octanol–water partition coefficient (Wildman–Crippen LogP) is 0.113. The SMILES string of the molecule is Bc1nc(N)c2nc(-c3cccc(C#C[C@@H](O)C(=O)N(C)CCC)c3)ccc2n1.